The van der Waals surface area contributed by atoms with Crippen molar-refractivity contribution in [2.45, 2.75) is 19.5 Å². The van der Waals surface area contributed by atoms with E-state index in [4.69, 9.17) is 14.2 Å². The first-order valence-electron chi connectivity index (χ1n) is 10.2. The molecule has 2 N–H and O–H groups in total. The van der Waals surface area contributed by atoms with Crippen LogP contribution in [0.1, 0.15) is 21.4 Å². The molecule has 1 aromatic carbocycles. The Labute approximate surface area is 206 Å². The van der Waals surface area contributed by atoms with Crippen molar-refractivity contribution in [1.82, 2.24) is 15.5 Å². The molecule has 0 aliphatic carbocycles. The van der Waals surface area contributed by atoms with Crippen LogP contribution >= 0.6 is 35.3 Å². The first-order chi connectivity index (χ1) is 14.6. The molecule has 1 aromatic heterocycles. The fourth-order valence-corrected chi connectivity index (χ4v) is 4.53. The number of hydrogen-bond acceptors (Lipinski definition) is 6. The minimum atomic E-state index is 0. The lowest BCUT2D eigenvalue weighted by Crippen LogP contribution is -2.46. The number of ether oxygens (including phenoxy) is 3. The molecule has 0 spiro atoms. The fraction of sp³-hybridized carbons (Fsp3) is 0.500. The van der Waals surface area contributed by atoms with Crippen LogP contribution in [0.25, 0.3) is 0 Å². The molecule has 9 heteroatoms. The number of methoxy groups -OCH3 is 2. The van der Waals surface area contributed by atoms with E-state index in [2.05, 4.69) is 39.6 Å². The number of guanidine groups is 1. The molecule has 1 fully saturated rings. The Morgan fingerprint density at radius 1 is 1.13 bits per heavy atom. The number of aliphatic imine (C=N–C) groups is 1. The van der Waals surface area contributed by atoms with E-state index in [1.54, 1.807) is 21.3 Å². The van der Waals surface area contributed by atoms with Crippen molar-refractivity contribution in [2.24, 2.45) is 4.99 Å². The van der Waals surface area contributed by atoms with Crippen molar-refractivity contribution >= 4 is 41.3 Å². The molecule has 1 aliphatic rings. The van der Waals surface area contributed by atoms with Gasteiger partial charge in [0.2, 0.25) is 0 Å². The fourth-order valence-electron chi connectivity index (χ4n) is 3.52. The summed E-state index contributed by atoms with van der Waals surface area (Å²) < 4.78 is 16.3. The average Bonchev–Trinajstić information content (AvgIpc) is 3.22. The van der Waals surface area contributed by atoms with E-state index in [1.165, 1.54) is 9.75 Å². The van der Waals surface area contributed by atoms with Gasteiger partial charge in [0.25, 0.3) is 0 Å². The minimum absolute atomic E-state index is 0. The molecule has 31 heavy (non-hydrogen) atoms. The Morgan fingerprint density at radius 2 is 1.87 bits per heavy atom. The van der Waals surface area contributed by atoms with E-state index in [1.807, 2.05) is 29.5 Å². The molecule has 1 atom stereocenters. The van der Waals surface area contributed by atoms with Gasteiger partial charge in [-0.1, -0.05) is 6.07 Å². The molecule has 1 aliphatic heterocycles. The van der Waals surface area contributed by atoms with E-state index in [0.717, 1.165) is 55.9 Å². The summed E-state index contributed by atoms with van der Waals surface area (Å²) in [5.74, 6) is 2.22. The van der Waals surface area contributed by atoms with Gasteiger partial charge < -0.3 is 24.8 Å². The van der Waals surface area contributed by atoms with Gasteiger partial charge in [-0.15, -0.1) is 35.3 Å². The first-order valence-corrected chi connectivity index (χ1v) is 11.0. The monoisotopic (exact) mass is 560 g/mol. The van der Waals surface area contributed by atoms with Gasteiger partial charge in [0.05, 0.1) is 33.5 Å². The smallest absolute Gasteiger partial charge is 0.191 e. The molecule has 0 saturated carbocycles. The van der Waals surface area contributed by atoms with Crippen LogP contribution < -0.4 is 20.1 Å². The Kier molecular flexibility index (Phi) is 10.9. The Morgan fingerprint density at radius 3 is 2.48 bits per heavy atom. The topological polar surface area (TPSA) is 67.4 Å². The Hall–Kier alpha value is -1.56. The molecule has 1 saturated heterocycles. The van der Waals surface area contributed by atoms with Gasteiger partial charge in [0.1, 0.15) is 0 Å². The SMILES string of the molecule is CN=C(NCc1ccc(OC)c(OC)c1)NCC(c1ccc(C)s1)N1CCOCC1.I. The zero-order valence-corrected chi connectivity index (χ0v) is 21.8. The lowest BCUT2D eigenvalue weighted by atomic mass is 10.2. The number of benzene rings is 1. The van der Waals surface area contributed by atoms with Crippen LogP contribution in [0.3, 0.4) is 0 Å². The molecule has 2 heterocycles. The van der Waals surface area contributed by atoms with Crippen molar-refractivity contribution < 1.29 is 14.2 Å². The number of hydrogen-bond donors (Lipinski definition) is 2. The zero-order chi connectivity index (χ0) is 21.3. The van der Waals surface area contributed by atoms with Gasteiger partial charge in [-0.25, -0.2) is 0 Å². The van der Waals surface area contributed by atoms with Crippen LogP contribution in [0.4, 0.5) is 0 Å². The standard InChI is InChI=1S/C22H32N4O3S.HI/c1-16-5-8-21(30-16)18(26-9-11-29-12-10-26)15-25-22(23-2)24-14-17-6-7-19(27-3)20(13-17)28-4;/h5-8,13,18H,9-12,14-15H2,1-4H3,(H2,23,24,25);1H. The van der Waals surface area contributed by atoms with E-state index < -0.39 is 0 Å². The summed E-state index contributed by atoms with van der Waals surface area (Å²) in [7, 11) is 5.08. The Bertz CT molecular complexity index is 840. The second-order valence-corrected chi connectivity index (χ2v) is 8.43. The molecule has 0 bridgehead atoms. The second kappa shape index (κ2) is 13.1. The highest BCUT2D eigenvalue weighted by molar-refractivity contribution is 14.0. The molecular weight excluding hydrogens is 527 g/mol. The summed E-state index contributed by atoms with van der Waals surface area (Å²) in [5, 5.41) is 6.90. The van der Waals surface area contributed by atoms with Gasteiger partial charge in [-0.3, -0.25) is 9.89 Å². The second-order valence-electron chi connectivity index (χ2n) is 7.11. The third-order valence-electron chi connectivity index (χ3n) is 5.17. The summed E-state index contributed by atoms with van der Waals surface area (Å²) in [6.07, 6.45) is 0. The largest absolute Gasteiger partial charge is 0.493 e. The van der Waals surface area contributed by atoms with E-state index in [9.17, 15) is 0 Å². The number of nitrogens with one attached hydrogen (secondary N) is 2. The zero-order valence-electron chi connectivity index (χ0n) is 18.6. The normalized spacial score (nSPS) is 15.7. The van der Waals surface area contributed by atoms with Crippen molar-refractivity contribution in [2.75, 3.05) is 54.1 Å². The number of nitrogens with zero attached hydrogens (tertiary/aromatic N) is 2. The van der Waals surface area contributed by atoms with Crippen LogP contribution in [0.5, 0.6) is 11.5 Å². The Balaban J connectivity index is 0.00000341. The summed E-state index contributed by atoms with van der Waals surface area (Å²) in [5.41, 5.74) is 1.09. The third kappa shape index (κ3) is 7.23. The number of rotatable bonds is 8. The number of thiophene rings is 1. The molecule has 3 rings (SSSR count). The predicted octanol–water partition coefficient (Wildman–Crippen LogP) is 3.43. The average molecular weight is 561 g/mol. The molecule has 2 aromatic rings. The highest BCUT2D eigenvalue weighted by Crippen LogP contribution is 2.28. The maximum Gasteiger partial charge on any atom is 0.191 e. The van der Waals surface area contributed by atoms with Crippen LogP contribution in [-0.4, -0.2) is 65.0 Å². The number of aryl methyl sites for hydroxylation is 1. The highest BCUT2D eigenvalue weighted by Gasteiger charge is 2.24. The quantitative estimate of drug-likeness (QED) is 0.293. The maximum absolute atomic E-state index is 5.55. The lowest BCUT2D eigenvalue weighted by Gasteiger charge is -2.34. The summed E-state index contributed by atoms with van der Waals surface area (Å²) >= 11 is 1.86. The van der Waals surface area contributed by atoms with Crippen LogP contribution in [0.15, 0.2) is 35.3 Å². The summed E-state index contributed by atoms with van der Waals surface area (Å²) in [4.78, 5) is 9.59. The maximum atomic E-state index is 5.55. The minimum Gasteiger partial charge on any atom is -0.493 e. The van der Waals surface area contributed by atoms with Gasteiger partial charge in [-0.2, -0.15) is 0 Å². The van der Waals surface area contributed by atoms with Gasteiger partial charge in [-0.05, 0) is 36.8 Å². The molecule has 0 amide bonds. The molecule has 7 nitrogen and oxygen atoms in total. The van der Waals surface area contributed by atoms with Crippen molar-refractivity contribution in [3.8, 4) is 11.5 Å². The number of halogens is 1. The van der Waals surface area contributed by atoms with E-state index in [0.29, 0.717) is 12.6 Å². The summed E-state index contributed by atoms with van der Waals surface area (Å²) in [6.45, 7) is 7.04. The van der Waals surface area contributed by atoms with Crippen molar-refractivity contribution in [3.63, 3.8) is 0 Å². The molecule has 172 valence electrons. The van der Waals surface area contributed by atoms with Gasteiger partial charge in [0.15, 0.2) is 17.5 Å². The van der Waals surface area contributed by atoms with Gasteiger partial charge >= 0.3 is 0 Å². The lowest BCUT2D eigenvalue weighted by molar-refractivity contribution is 0.0177. The van der Waals surface area contributed by atoms with Crippen LogP contribution in [0, 0.1) is 6.92 Å². The molecule has 0 radical (unpaired) electrons. The highest BCUT2D eigenvalue weighted by atomic mass is 127. The molecule has 1 unspecified atom stereocenters. The van der Waals surface area contributed by atoms with Crippen LogP contribution in [0.2, 0.25) is 0 Å². The third-order valence-corrected chi connectivity index (χ3v) is 6.27. The van der Waals surface area contributed by atoms with E-state index >= 15 is 0 Å². The van der Waals surface area contributed by atoms with Crippen LogP contribution in [-0.2, 0) is 11.3 Å². The molecular formula is C22H33IN4O3S. The van der Waals surface area contributed by atoms with Crippen molar-refractivity contribution in [3.05, 3.63) is 45.6 Å². The van der Waals surface area contributed by atoms with Gasteiger partial charge in [0, 0.05) is 43.0 Å². The summed E-state index contributed by atoms with van der Waals surface area (Å²) in [6, 6.07) is 10.6. The van der Waals surface area contributed by atoms with Crippen molar-refractivity contribution in [1.29, 1.82) is 0 Å². The van der Waals surface area contributed by atoms with E-state index in [-0.39, 0.29) is 24.0 Å². The first kappa shape index (κ1) is 25.7. The number of morpholine rings is 1. The predicted molar refractivity (Wildman–Crippen MR) is 137 cm³/mol.